The second-order valence-corrected chi connectivity index (χ2v) is 5.19. The van der Waals surface area contributed by atoms with Crippen LogP contribution in [0.1, 0.15) is 5.56 Å². The van der Waals surface area contributed by atoms with Crippen molar-refractivity contribution in [1.29, 1.82) is 0 Å². The van der Waals surface area contributed by atoms with Gasteiger partial charge in [0.2, 0.25) is 5.52 Å². The first-order valence-electron chi connectivity index (χ1n) is 6.63. The van der Waals surface area contributed by atoms with E-state index in [4.69, 9.17) is 0 Å². The summed E-state index contributed by atoms with van der Waals surface area (Å²) in [6.45, 7) is 0.882. The number of aryl methyl sites for hydroxylation is 1. The summed E-state index contributed by atoms with van der Waals surface area (Å²) in [6, 6.07) is 6.10. The molecular weight excluding hydrogens is 250 g/mol. The summed E-state index contributed by atoms with van der Waals surface area (Å²) in [4.78, 5) is 9.05. The summed E-state index contributed by atoms with van der Waals surface area (Å²) in [5.41, 5.74) is 5.73. The second-order valence-electron chi connectivity index (χ2n) is 5.19. The third-order valence-electron chi connectivity index (χ3n) is 4.12. The van der Waals surface area contributed by atoms with E-state index in [1.165, 1.54) is 16.9 Å². The van der Waals surface area contributed by atoms with Gasteiger partial charge in [0.15, 0.2) is 16.9 Å². The Labute approximate surface area is 114 Å². The Balaban J connectivity index is 1.98. The number of pyridine rings is 1. The molecule has 0 fully saturated rings. The van der Waals surface area contributed by atoms with Gasteiger partial charge in [0.05, 0.1) is 13.2 Å². The van der Waals surface area contributed by atoms with Crippen molar-refractivity contribution in [3.05, 3.63) is 48.5 Å². The van der Waals surface area contributed by atoms with E-state index in [2.05, 4.69) is 42.8 Å². The predicted octanol–water partition coefficient (Wildman–Crippen LogP) is 1.54. The maximum absolute atomic E-state index is 4.55. The summed E-state index contributed by atoms with van der Waals surface area (Å²) >= 11 is 0. The predicted molar refractivity (Wildman–Crippen MR) is 74.2 cm³/mol. The number of aromatic nitrogens is 5. The summed E-state index contributed by atoms with van der Waals surface area (Å²) in [7, 11) is 2.09. The normalized spacial score (nSPS) is 13.1. The van der Waals surface area contributed by atoms with Crippen LogP contribution in [0.4, 0.5) is 0 Å². The first-order chi connectivity index (χ1) is 9.84. The Morgan fingerprint density at radius 3 is 3.05 bits per heavy atom. The van der Waals surface area contributed by atoms with Gasteiger partial charge in [-0.25, -0.2) is 19.1 Å². The minimum Gasteiger partial charge on any atom is -0.300 e. The van der Waals surface area contributed by atoms with E-state index in [-0.39, 0.29) is 0 Å². The average molecular weight is 262 g/mol. The molecule has 1 aliphatic heterocycles. The van der Waals surface area contributed by atoms with Gasteiger partial charge in [0.25, 0.3) is 0 Å². The number of nitrogens with zero attached hydrogens (tertiary/aromatic N) is 5. The van der Waals surface area contributed by atoms with Crippen LogP contribution in [0.2, 0.25) is 0 Å². The van der Waals surface area contributed by atoms with Crippen molar-refractivity contribution in [2.75, 3.05) is 0 Å². The lowest BCUT2D eigenvalue weighted by Gasteiger charge is -1.95. The van der Waals surface area contributed by atoms with E-state index >= 15 is 0 Å². The molecular formula is C15H12N5+. The molecule has 5 rings (SSSR count). The fourth-order valence-corrected chi connectivity index (χ4v) is 3.28. The molecule has 0 amide bonds. The molecule has 0 saturated heterocycles. The Hall–Kier alpha value is -2.69. The highest BCUT2D eigenvalue weighted by Crippen LogP contribution is 2.32. The van der Waals surface area contributed by atoms with E-state index in [0.29, 0.717) is 0 Å². The molecule has 1 aliphatic rings. The first-order valence-corrected chi connectivity index (χ1v) is 6.63. The van der Waals surface area contributed by atoms with Gasteiger partial charge in [0, 0.05) is 24.2 Å². The zero-order valence-corrected chi connectivity index (χ0v) is 11.0. The third-order valence-corrected chi connectivity index (χ3v) is 4.12. The van der Waals surface area contributed by atoms with Crippen molar-refractivity contribution in [3.63, 3.8) is 0 Å². The SMILES string of the molecule is C[n+]1c2n(c3cn4cccnc4c31)Cc1cccnc1-2. The average Bonchev–Trinajstić information content (AvgIpc) is 3.10. The zero-order chi connectivity index (χ0) is 13.3. The number of hydrogen-bond donors (Lipinski definition) is 0. The van der Waals surface area contributed by atoms with Crippen molar-refractivity contribution in [3.8, 4) is 11.5 Å². The van der Waals surface area contributed by atoms with Crippen LogP contribution in [0.25, 0.3) is 28.2 Å². The molecule has 4 aromatic rings. The lowest BCUT2D eigenvalue weighted by Crippen LogP contribution is -2.29. The molecule has 0 atom stereocenters. The van der Waals surface area contributed by atoms with Crippen LogP contribution >= 0.6 is 0 Å². The second kappa shape index (κ2) is 3.25. The summed E-state index contributed by atoms with van der Waals surface area (Å²) in [6.07, 6.45) is 7.88. The first kappa shape index (κ1) is 10.1. The fourth-order valence-electron chi connectivity index (χ4n) is 3.28. The van der Waals surface area contributed by atoms with Crippen molar-refractivity contribution in [1.82, 2.24) is 18.9 Å². The largest absolute Gasteiger partial charge is 0.309 e. The van der Waals surface area contributed by atoms with E-state index in [1.807, 2.05) is 30.7 Å². The van der Waals surface area contributed by atoms with Gasteiger partial charge in [-0.3, -0.25) is 0 Å². The summed E-state index contributed by atoms with van der Waals surface area (Å²) < 4.78 is 6.60. The lowest BCUT2D eigenvalue weighted by atomic mass is 10.2. The van der Waals surface area contributed by atoms with Gasteiger partial charge in [-0.1, -0.05) is 6.07 Å². The van der Waals surface area contributed by atoms with Gasteiger partial charge in [-0.2, -0.15) is 0 Å². The molecule has 0 N–H and O–H groups in total. The standard InChI is InChI=1S/C15H12N5/c1-18-13-11(9-19-7-3-6-17-14(13)19)20-8-10-4-2-5-16-12(10)15(18)20/h2-7,9H,8H2,1H3/q+1. The van der Waals surface area contributed by atoms with Gasteiger partial charge < -0.3 is 4.40 Å². The van der Waals surface area contributed by atoms with Crippen molar-refractivity contribution >= 4 is 16.7 Å². The van der Waals surface area contributed by atoms with Crippen LogP contribution in [0.3, 0.4) is 0 Å². The van der Waals surface area contributed by atoms with Gasteiger partial charge in [0.1, 0.15) is 6.54 Å². The Morgan fingerprint density at radius 2 is 2.10 bits per heavy atom. The number of hydrogen-bond acceptors (Lipinski definition) is 2. The van der Waals surface area contributed by atoms with Gasteiger partial charge >= 0.3 is 5.82 Å². The minimum atomic E-state index is 0.882. The van der Waals surface area contributed by atoms with Gasteiger partial charge in [-0.15, -0.1) is 0 Å². The minimum absolute atomic E-state index is 0.882. The lowest BCUT2D eigenvalue weighted by molar-refractivity contribution is -0.633. The highest BCUT2D eigenvalue weighted by molar-refractivity contribution is 5.89. The Morgan fingerprint density at radius 1 is 1.20 bits per heavy atom. The quantitative estimate of drug-likeness (QED) is 0.397. The fraction of sp³-hybridized carbons (Fsp3) is 0.133. The molecule has 0 radical (unpaired) electrons. The summed E-state index contributed by atoms with van der Waals surface area (Å²) in [5, 5.41) is 0. The van der Waals surface area contributed by atoms with Crippen LogP contribution < -0.4 is 4.57 Å². The van der Waals surface area contributed by atoms with E-state index in [1.54, 1.807) is 0 Å². The summed E-state index contributed by atoms with van der Waals surface area (Å²) in [5.74, 6) is 1.17. The highest BCUT2D eigenvalue weighted by atomic mass is 15.2. The van der Waals surface area contributed by atoms with E-state index in [9.17, 15) is 0 Å². The molecule has 0 bridgehead atoms. The van der Waals surface area contributed by atoms with Crippen LogP contribution in [0.5, 0.6) is 0 Å². The van der Waals surface area contributed by atoms with Crippen LogP contribution in [-0.2, 0) is 13.6 Å². The molecule has 0 aromatic carbocycles. The van der Waals surface area contributed by atoms with Gasteiger partial charge in [-0.05, 0) is 12.1 Å². The molecule has 0 unspecified atom stereocenters. The topological polar surface area (TPSA) is 39.0 Å². The molecule has 5 nitrogen and oxygen atoms in total. The molecule has 5 heteroatoms. The number of fused-ring (bicyclic) bond motifs is 7. The van der Waals surface area contributed by atoms with Crippen LogP contribution in [0, 0.1) is 0 Å². The maximum Gasteiger partial charge on any atom is 0.309 e. The molecule has 20 heavy (non-hydrogen) atoms. The van der Waals surface area contributed by atoms with Crippen LogP contribution in [0.15, 0.2) is 43.0 Å². The highest BCUT2D eigenvalue weighted by Gasteiger charge is 2.35. The Kier molecular flexibility index (Phi) is 1.65. The smallest absolute Gasteiger partial charge is 0.300 e. The Bertz CT molecular complexity index is 992. The number of rotatable bonds is 0. The molecule has 4 aromatic heterocycles. The van der Waals surface area contributed by atoms with E-state index < -0.39 is 0 Å². The molecule has 0 aliphatic carbocycles. The molecule has 0 saturated carbocycles. The molecule has 96 valence electrons. The van der Waals surface area contributed by atoms with Crippen molar-refractivity contribution in [2.24, 2.45) is 7.05 Å². The molecule has 0 spiro atoms. The maximum atomic E-state index is 4.55. The molecule has 5 heterocycles. The van der Waals surface area contributed by atoms with Crippen LogP contribution in [-0.4, -0.2) is 18.9 Å². The van der Waals surface area contributed by atoms with Crippen molar-refractivity contribution in [2.45, 2.75) is 6.54 Å². The van der Waals surface area contributed by atoms with Crippen molar-refractivity contribution < 1.29 is 4.57 Å². The zero-order valence-electron chi connectivity index (χ0n) is 11.0. The third kappa shape index (κ3) is 1.02. The number of imidazole rings is 1. The van der Waals surface area contributed by atoms with E-state index in [0.717, 1.165) is 23.4 Å². The monoisotopic (exact) mass is 262 g/mol.